The molecule has 1 N–H and O–H groups in total. The smallest absolute Gasteiger partial charge is 0.261 e. The number of rotatable bonds is 5. The second-order valence-electron chi connectivity index (χ2n) is 5.35. The maximum absolute atomic E-state index is 12.1. The largest absolute Gasteiger partial charge is 0.481 e. The average molecular weight is 318 g/mol. The van der Waals surface area contributed by atoms with Gasteiger partial charge in [0.05, 0.1) is 0 Å². The van der Waals surface area contributed by atoms with Gasteiger partial charge in [-0.1, -0.05) is 29.8 Å². The van der Waals surface area contributed by atoms with Gasteiger partial charge in [-0.15, -0.1) is 0 Å². The van der Waals surface area contributed by atoms with Crippen LogP contribution < -0.4 is 10.1 Å². The number of ether oxygens (including phenoxy) is 1. The molecule has 0 aromatic heterocycles. The third kappa shape index (κ3) is 4.50. The molecular weight excluding hydrogens is 298 g/mol. The first kappa shape index (κ1) is 16.4. The Balaban J connectivity index is 1.88. The van der Waals surface area contributed by atoms with Gasteiger partial charge in [-0.2, -0.15) is 0 Å². The average Bonchev–Trinajstić information content (AvgIpc) is 2.50. The van der Waals surface area contributed by atoms with E-state index in [1.165, 1.54) is 5.56 Å². The molecule has 0 radical (unpaired) electrons. The van der Waals surface area contributed by atoms with E-state index in [9.17, 15) is 4.79 Å². The number of aryl methyl sites for hydroxylation is 2. The van der Waals surface area contributed by atoms with E-state index in [-0.39, 0.29) is 5.91 Å². The van der Waals surface area contributed by atoms with E-state index in [2.05, 4.69) is 5.32 Å². The van der Waals surface area contributed by atoms with Crippen molar-refractivity contribution >= 4 is 17.5 Å². The molecule has 1 atom stereocenters. The highest BCUT2D eigenvalue weighted by atomic mass is 35.5. The third-order valence-electron chi connectivity index (χ3n) is 3.54. The molecule has 22 heavy (non-hydrogen) atoms. The lowest BCUT2D eigenvalue weighted by Gasteiger charge is -2.15. The van der Waals surface area contributed by atoms with Crippen LogP contribution in [0.2, 0.25) is 5.02 Å². The molecule has 0 unspecified atom stereocenters. The van der Waals surface area contributed by atoms with E-state index in [0.29, 0.717) is 17.3 Å². The molecule has 4 heteroatoms. The van der Waals surface area contributed by atoms with Crippen molar-refractivity contribution in [1.82, 2.24) is 5.32 Å². The van der Waals surface area contributed by atoms with Crippen molar-refractivity contribution in [3.05, 3.63) is 64.2 Å². The second-order valence-corrected chi connectivity index (χ2v) is 5.79. The van der Waals surface area contributed by atoms with Gasteiger partial charge in [0, 0.05) is 11.6 Å². The second kappa shape index (κ2) is 7.32. The van der Waals surface area contributed by atoms with Gasteiger partial charge in [-0.05, 0) is 61.7 Å². The van der Waals surface area contributed by atoms with Crippen LogP contribution in [-0.2, 0) is 11.3 Å². The molecule has 0 saturated carbocycles. The minimum atomic E-state index is -0.547. The van der Waals surface area contributed by atoms with Crippen molar-refractivity contribution in [2.75, 3.05) is 0 Å². The van der Waals surface area contributed by atoms with E-state index in [1.54, 1.807) is 19.1 Å². The lowest BCUT2D eigenvalue weighted by molar-refractivity contribution is -0.127. The highest BCUT2D eigenvalue weighted by Crippen LogP contribution is 2.17. The lowest BCUT2D eigenvalue weighted by Crippen LogP contribution is -2.35. The van der Waals surface area contributed by atoms with Crippen LogP contribution in [-0.4, -0.2) is 12.0 Å². The topological polar surface area (TPSA) is 38.3 Å². The van der Waals surface area contributed by atoms with Crippen molar-refractivity contribution < 1.29 is 9.53 Å². The Hall–Kier alpha value is -2.00. The molecule has 116 valence electrons. The van der Waals surface area contributed by atoms with Gasteiger partial charge in [0.15, 0.2) is 6.10 Å². The normalized spacial score (nSPS) is 11.8. The molecule has 0 aliphatic carbocycles. The predicted octanol–water partition coefficient (Wildman–Crippen LogP) is 4.04. The maximum Gasteiger partial charge on any atom is 0.261 e. The first-order chi connectivity index (χ1) is 10.5. The summed E-state index contributed by atoms with van der Waals surface area (Å²) in [7, 11) is 0. The molecule has 1 amide bonds. The minimum absolute atomic E-state index is 0.145. The SMILES string of the molecule is Cc1ccc(O[C@@H](C)C(=O)NCc2ccc(Cl)cc2)cc1C. The van der Waals surface area contributed by atoms with Gasteiger partial charge in [0.1, 0.15) is 5.75 Å². The molecule has 0 aliphatic rings. The summed E-state index contributed by atoms with van der Waals surface area (Å²) < 4.78 is 5.69. The molecule has 0 heterocycles. The number of hydrogen-bond donors (Lipinski definition) is 1. The highest BCUT2D eigenvalue weighted by molar-refractivity contribution is 6.30. The monoisotopic (exact) mass is 317 g/mol. The summed E-state index contributed by atoms with van der Waals surface area (Å²) in [6, 6.07) is 13.2. The fourth-order valence-electron chi connectivity index (χ4n) is 1.98. The van der Waals surface area contributed by atoms with Crippen LogP contribution in [0.4, 0.5) is 0 Å². The molecule has 0 fully saturated rings. The number of nitrogens with one attached hydrogen (secondary N) is 1. The van der Waals surface area contributed by atoms with Crippen LogP contribution in [0.5, 0.6) is 5.75 Å². The molecule has 0 aliphatic heterocycles. The Morgan fingerprint density at radius 2 is 1.82 bits per heavy atom. The summed E-state index contributed by atoms with van der Waals surface area (Å²) in [5, 5.41) is 3.54. The van der Waals surface area contributed by atoms with Gasteiger partial charge < -0.3 is 10.1 Å². The van der Waals surface area contributed by atoms with Crippen molar-refractivity contribution in [2.45, 2.75) is 33.4 Å². The maximum atomic E-state index is 12.1. The first-order valence-electron chi connectivity index (χ1n) is 7.22. The summed E-state index contributed by atoms with van der Waals surface area (Å²) in [6.07, 6.45) is -0.547. The Morgan fingerprint density at radius 3 is 2.45 bits per heavy atom. The van der Waals surface area contributed by atoms with Crippen LogP contribution in [0.3, 0.4) is 0 Å². The molecule has 0 saturated heterocycles. The number of carbonyl (C=O) groups excluding carboxylic acids is 1. The Bertz CT molecular complexity index is 653. The highest BCUT2D eigenvalue weighted by Gasteiger charge is 2.14. The van der Waals surface area contributed by atoms with Crippen LogP contribution >= 0.6 is 11.6 Å². The van der Waals surface area contributed by atoms with Crippen LogP contribution in [0.1, 0.15) is 23.6 Å². The molecule has 2 aromatic rings. The van der Waals surface area contributed by atoms with E-state index in [4.69, 9.17) is 16.3 Å². The van der Waals surface area contributed by atoms with Gasteiger partial charge in [-0.25, -0.2) is 0 Å². The summed E-state index contributed by atoms with van der Waals surface area (Å²) in [5.74, 6) is 0.561. The van der Waals surface area contributed by atoms with Crippen LogP contribution in [0.25, 0.3) is 0 Å². The first-order valence-corrected chi connectivity index (χ1v) is 7.59. The van der Waals surface area contributed by atoms with E-state index >= 15 is 0 Å². The van der Waals surface area contributed by atoms with E-state index in [1.807, 2.05) is 44.2 Å². The Morgan fingerprint density at radius 1 is 1.14 bits per heavy atom. The standard InChI is InChI=1S/C18H20ClNO2/c1-12-4-9-17(10-13(12)2)22-14(3)18(21)20-11-15-5-7-16(19)8-6-15/h4-10,14H,11H2,1-3H3,(H,20,21)/t14-/m0/s1. The number of carbonyl (C=O) groups is 1. The van der Waals surface area contributed by atoms with Gasteiger partial charge in [-0.3, -0.25) is 4.79 Å². The van der Waals surface area contributed by atoms with E-state index < -0.39 is 6.10 Å². The quantitative estimate of drug-likeness (QED) is 0.903. The van der Waals surface area contributed by atoms with Gasteiger partial charge in [0.25, 0.3) is 5.91 Å². The summed E-state index contributed by atoms with van der Waals surface area (Å²) in [6.45, 7) is 6.26. The molecule has 2 rings (SSSR count). The van der Waals surface area contributed by atoms with Crippen molar-refractivity contribution in [1.29, 1.82) is 0 Å². The van der Waals surface area contributed by atoms with Crippen molar-refractivity contribution in [3.63, 3.8) is 0 Å². The number of hydrogen-bond acceptors (Lipinski definition) is 2. The summed E-state index contributed by atoms with van der Waals surface area (Å²) in [4.78, 5) is 12.1. The predicted molar refractivity (Wildman–Crippen MR) is 89.3 cm³/mol. The van der Waals surface area contributed by atoms with Gasteiger partial charge >= 0.3 is 0 Å². The Labute approximate surface area is 136 Å². The third-order valence-corrected chi connectivity index (χ3v) is 3.79. The zero-order valence-corrected chi connectivity index (χ0v) is 13.8. The molecule has 0 spiro atoms. The fraction of sp³-hybridized carbons (Fsp3) is 0.278. The Kier molecular flexibility index (Phi) is 5.45. The molecule has 3 nitrogen and oxygen atoms in total. The zero-order chi connectivity index (χ0) is 16.1. The van der Waals surface area contributed by atoms with E-state index in [0.717, 1.165) is 11.1 Å². The number of amides is 1. The van der Waals surface area contributed by atoms with Crippen molar-refractivity contribution in [3.8, 4) is 5.75 Å². The summed E-state index contributed by atoms with van der Waals surface area (Å²) >= 11 is 5.83. The molecular formula is C18H20ClNO2. The molecule has 2 aromatic carbocycles. The minimum Gasteiger partial charge on any atom is -0.481 e. The fourth-order valence-corrected chi connectivity index (χ4v) is 2.11. The van der Waals surface area contributed by atoms with Crippen LogP contribution in [0.15, 0.2) is 42.5 Å². The zero-order valence-electron chi connectivity index (χ0n) is 13.0. The van der Waals surface area contributed by atoms with Crippen LogP contribution in [0, 0.1) is 13.8 Å². The van der Waals surface area contributed by atoms with Crippen molar-refractivity contribution in [2.24, 2.45) is 0 Å². The summed E-state index contributed by atoms with van der Waals surface area (Å²) in [5.41, 5.74) is 3.34. The lowest BCUT2D eigenvalue weighted by atomic mass is 10.1. The number of halogens is 1. The van der Waals surface area contributed by atoms with Gasteiger partial charge in [0.2, 0.25) is 0 Å². The molecule has 0 bridgehead atoms. The number of benzene rings is 2.